The minimum atomic E-state index is -1.02. The number of nitrogens with one attached hydrogen (secondary N) is 1. The maximum atomic E-state index is 12.2. The zero-order chi connectivity index (χ0) is 15.1. The van der Waals surface area contributed by atoms with Crippen molar-refractivity contribution in [3.63, 3.8) is 0 Å². The normalized spacial score (nSPS) is 11.0. The number of rotatable bonds is 2. The first-order valence-corrected chi connectivity index (χ1v) is 6.53. The lowest BCUT2D eigenvalue weighted by Crippen LogP contribution is -2.15. The molecule has 0 aliphatic heterocycles. The van der Waals surface area contributed by atoms with Crippen LogP contribution >= 0.6 is 0 Å². The lowest BCUT2D eigenvalue weighted by molar-refractivity contribution is 0.0697. The summed E-state index contributed by atoms with van der Waals surface area (Å²) in [6.07, 6.45) is 0. The van der Waals surface area contributed by atoms with E-state index >= 15 is 0 Å². The summed E-state index contributed by atoms with van der Waals surface area (Å²) < 4.78 is 1.57. The number of aromatic carboxylic acids is 1. The molecule has 0 atom stereocenters. The fourth-order valence-electron chi connectivity index (χ4n) is 2.46. The van der Waals surface area contributed by atoms with Crippen LogP contribution in [-0.4, -0.2) is 20.6 Å². The van der Waals surface area contributed by atoms with Crippen molar-refractivity contribution in [2.24, 2.45) is 0 Å². The van der Waals surface area contributed by atoms with E-state index in [1.54, 1.807) is 10.6 Å². The highest BCUT2D eigenvalue weighted by Gasteiger charge is 2.13. The number of hydrogen-bond donors (Lipinski definition) is 2. The lowest BCUT2D eigenvalue weighted by atomic mass is 10.1. The molecule has 1 aromatic heterocycles. The van der Waals surface area contributed by atoms with Gasteiger partial charge in [0.1, 0.15) is 0 Å². The topological polar surface area (TPSA) is 75.1 Å². The molecular weight excluding hydrogens is 268 g/mol. The number of imidazole rings is 1. The maximum absolute atomic E-state index is 12.2. The van der Waals surface area contributed by atoms with Gasteiger partial charge in [0.05, 0.1) is 22.3 Å². The molecular formula is C16H14N2O3. The third-order valence-electron chi connectivity index (χ3n) is 3.75. The van der Waals surface area contributed by atoms with Crippen LogP contribution in [0.25, 0.3) is 16.7 Å². The van der Waals surface area contributed by atoms with E-state index in [0.717, 1.165) is 16.8 Å². The predicted molar refractivity (Wildman–Crippen MR) is 80.3 cm³/mol. The Morgan fingerprint density at radius 2 is 1.95 bits per heavy atom. The number of aromatic nitrogens is 2. The second-order valence-electron chi connectivity index (χ2n) is 5.02. The van der Waals surface area contributed by atoms with Gasteiger partial charge in [-0.3, -0.25) is 4.57 Å². The van der Waals surface area contributed by atoms with Gasteiger partial charge in [-0.1, -0.05) is 12.1 Å². The van der Waals surface area contributed by atoms with Gasteiger partial charge < -0.3 is 10.1 Å². The van der Waals surface area contributed by atoms with E-state index in [0.29, 0.717) is 11.0 Å². The highest BCUT2D eigenvalue weighted by atomic mass is 16.4. The Morgan fingerprint density at radius 1 is 1.19 bits per heavy atom. The Balaban J connectivity index is 2.33. The molecule has 5 heteroatoms. The third-order valence-corrected chi connectivity index (χ3v) is 3.75. The monoisotopic (exact) mass is 282 g/mol. The van der Waals surface area contributed by atoms with Crippen LogP contribution in [0.2, 0.25) is 0 Å². The Bertz CT molecular complexity index is 919. The molecule has 1 heterocycles. The van der Waals surface area contributed by atoms with E-state index in [-0.39, 0.29) is 11.3 Å². The first-order chi connectivity index (χ1) is 9.99. The van der Waals surface area contributed by atoms with Crippen molar-refractivity contribution in [2.45, 2.75) is 13.8 Å². The number of hydrogen-bond acceptors (Lipinski definition) is 2. The predicted octanol–water partition coefficient (Wildman–Crippen LogP) is 2.63. The second kappa shape index (κ2) is 4.63. The molecule has 0 aliphatic carbocycles. The summed E-state index contributed by atoms with van der Waals surface area (Å²) in [5.74, 6) is -1.02. The zero-order valence-electron chi connectivity index (χ0n) is 11.7. The van der Waals surface area contributed by atoms with Crippen LogP contribution < -0.4 is 5.69 Å². The molecule has 106 valence electrons. The Hall–Kier alpha value is -2.82. The standard InChI is InChI=1S/C16H14N2O3/c1-9-4-3-5-13(10(9)2)18-14-7-6-11(15(19)20)8-12(14)17-16(18)21/h3-8H,1-2H3,(H,17,21)(H,19,20). The fourth-order valence-corrected chi connectivity index (χ4v) is 2.46. The van der Waals surface area contributed by atoms with Crippen molar-refractivity contribution in [1.29, 1.82) is 0 Å². The van der Waals surface area contributed by atoms with Crippen molar-refractivity contribution in [3.8, 4) is 5.69 Å². The van der Waals surface area contributed by atoms with Crippen molar-refractivity contribution in [3.05, 3.63) is 63.6 Å². The summed E-state index contributed by atoms with van der Waals surface area (Å²) in [4.78, 5) is 26.0. The van der Waals surface area contributed by atoms with E-state index in [1.165, 1.54) is 12.1 Å². The molecule has 0 fully saturated rings. The van der Waals surface area contributed by atoms with Gasteiger partial charge in [-0.25, -0.2) is 9.59 Å². The number of nitrogens with zero attached hydrogens (tertiary/aromatic N) is 1. The summed E-state index contributed by atoms with van der Waals surface area (Å²) in [5, 5.41) is 9.02. The van der Waals surface area contributed by atoms with E-state index in [1.807, 2.05) is 32.0 Å². The van der Waals surface area contributed by atoms with Gasteiger partial charge in [-0.05, 0) is 49.2 Å². The molecule has 3 rings (SSSR count). The zero-order valence-corrected chi connectivity index (χ0v) is 11.7. The number of aromatic amines is 1. The second-order valence-corrected chi connectivity index (χ2v) is 5.02. The molecule has 3 aromatic rings. The smallest absolute Gasteiger partial charge is 0.335 e. The quantitative estimate of drug-likeness (QED) is 0.758. The van der Waals surface area contributed by atoms with E-state index < -0.39 is 5.97 Å². The molecule has 0 unspecified atom stereocenters. The average molecular weight is 282 g/mol. The Labute approximate surface area is 120 Å². The number of H-pyrrole nitrogens is 1. The van der Waals surface area contributed by atoms with Gasteiger partial charge in [0.2, 0.25) is 0 Å². The summed E-state index contributed by atoms with van der Waals surface area (Å²) in [6, 6.07) is 10.4. The molecule has 0 amide bonds. The molecule has 0 saturated carbocycles. The minimum Gasteiger partial charge on any atom is -0.478 e. The van der Waals surface area contributed by atoms with Gasteiger partial charge >= 0.3 is 11.7 Å². The number of fused-ring (bicyclic) bond motifs is 1. The summed E-state index contributed by atoms with van der Waals surface area (Å²) in [6.45, 7) is 3.95. The van der Waals surface area contributed by atoms with E-state index in [2.05, 4.69) is 4.98 Å². The molecule has 0 spiro atoms. The van der Waals surface area contributed by atoms with Gasteiger partial charge in [-0.15, -0.1) is 0 Å². The van der Waals surface area contributed by atoms with Crippen LogP contribution in [-0.2, 0) is 0 Å². The number of carbonyl (C=O) groups is 1. The lowest BCUT2D eigenvalue weighted by Gasteiger charge is -2.09. The van der Waals surface area contributed by atoms with Crippen molar-refractivity contribution < 1.29 is 9.90 Å². The van der Waals surface area contributed by atoms with E-state index in [4.69, 9.17) is 5.11 Å². The number of carboxylic acid groups (broad SMARTS) is 1. The maximum Gasteiger partial charge on any atom is 0.335 e. The summed E-state index contributed by atoms with van der Waals surface area (Å²) in [5.41, 5.74) is 3.96. The first-order valence-electron chi connectivity index (χ1n) is 6.53. The molecule has 0 bridgehead atoms. The fraction of sp³-hybridized carbons (Fsp3) is 0.125. The number of aryl methyl sites for hydroxylation is 1. The highest BCUT2D eigenvalue weighted by molar-refractivity contribution is 5.92. The van der Waals surface area contributed by atoms with E-state index in [9.17, 15) is 9.59 Å². The van der Waals surface area contributed by atoms with Crippen LogP contribution in [0.3, 0.4) is 0 Å². The van der Waals surface area contributed by atoms with Crippen LogP contribution in [0.4, 0.5) is 0 Å². The Kier molecular flexibility index (Phi) is 2.90. The molecule has 0 aliphatic rings. The van der Waals surface area contributed by atoms with Gasteiger partial charge in [-0.2, -0.15) is 0 Å². The average Bonchev–Trinajstić information content (AvgIpc) is 2.77. The number of benzene rings is 2. The molecule has 21 heavy (non-hydrogen) atoms. The largest absolute Gasteiger partial charge is 0.478 e. The highest BCUT2D eigenvalue weighted by Crippen LogP contribution is 2.21. The van der Waals surface area contributed by atoms with Gasteiger partial charge in [0, 0.05) is 0 Å². The van der Waals surface area contributed by atoms with Crippen molar-refractivity contribution in [1.82, 2.24) is 9.55 Å². The van der Waals surface area contributed by atoms with Gasteiger partial charge in [0.25, 0.3) is 0 Å². The van der Waals surface area contributed by atoms with Crippen LogP contribution in [0, 0.1) is 13.8 Å². The van der Waals surface area contributed by atoms with Crippen molar-refractivity contribution >= 4 is 17.0 Å². The number of carboxylic acids is 1. The first kappa shape index (κ1) is 13.2. The summed E-state index contributed by atoms with van der Waals surface area (Å²) in [7, 11) is 0. The van der Waals surface area contributed by atoms with Crippen LogP contribution in [0.5, 0.6) is 0 Å². The van der Waals surface area contributed by atoms with Gasteiger partial charge in [0.15, 0.2) is 0 Å². The third kappa shape index (κ3) is 2.03. The molecule has 0 saturated heterocycles. The SMILES string of the molecule is Cc1cccc(-n2c(=O)[nH]c3cc(C(=O)O)ccc32)c1C. The van der Waals surface area contributed by atoms with Crippen LogP contribution in [0.15, 0.2) is 41.2 Å². The summed E-state index contributed by atoms with van der Waals surface area (Å²) >= 11 is 0. The molecule has 5 nitrogen and oxygen atoms in total. The van der Waals surface area contributed by atoms with Crippen LogP contribution in [0.1, 0.15) is 21.5 Å². The Morgan fingerprint density at radius 3 is 2.67 bits per heavy atom. The molecule has 2 aromatic carbocycles. The molecule has 0 radical (unpaired) electrons. The minimum absolute atomic E-state index is 0.150. The molecule has 2 N–H and O–H groups in total. The van der Waals surface area contributed by atoms with Crippen molar-refractivity contribution in [2.75, 3.05) is 0 Å².